The van der Waals surface area contributed by atoms with E-state index in [1.807, 2.05) is 18.2 Å². The number of ether oxygens (including phenoxy) is 1. The third-order valence-electron chi connectivity index (χ3n) is 2.59. The lowest BCUT2D eigenvalue weighted by Gasteiger charge is -2.18. The molecule has 0 bridgehead atoms. The molecule has 14 heavy (non-hydrogen) atoms. The summed E-state index contributed by atoms with van der Waals surface area (Å²) >= 11 is 0. The van der Waals surface area contributed by atoms with Crippen LogP contribution in [0, 0.1) is 0 Å². The molecule has 1 aromatic rings. The third kappa shape index (κ3) is 1.52. The molecule has 0 fully saturated rings. The van der Waals surface area contributed by atoms with Crippen molar-refractivity contribution in [2.45, 2.75) is 25.8 Å². The van der Waals surface area contributed by atoms with E-state index < -0.39 is 0 Å². The van der Waals surface area contributed by atoms with E-state index >= 15 is 0 Å². The van der Waals surface area contributed by atoms with Gasteiger partial charge in [0.1, 0.15) is 12.1 Å². The third-order valence-corrected chi connectivity index (χ3v) is 2.59. The first-order chi connectivity index (χ1) is 6.74. The summed E-state index contributed by atoms with van der Waals surface area (Å²) in [4.78, 5) is 4.60. The number of hydrogen-bond acceptors (Lipinski definition) is 2. The average molecular weight is 189 g/mol. The van der Waals surface area contributed by atoms with Crippen LogP contribution in [-0.4, -0.2) is 12.5 Å². The Kier molecular flexibility index (Phi) is 2.28. The zero-order valence-corrected chi connectivity index (χ0v) is 8.66. The highest BCUT2D eigenvalue weighted by atomic mass is 16.5. The Bertz CT molecular complexity index is 345. The molecule has 1 aromatic carbocycles. The molecular formula is C12H15NO. The second-order valence-corrected chi connectivity index (χ2v) is 3.79. The molecule has 0 aliphatic carbocycles. The first-order valence-electron chi connectivity index (χ1n) is 5.01. The molecule has 2 heteroatoms. The summed E-state index contributed by atoms with van der Waals surface area (Å²) in [6.45, 7) is 4.85. The lowest BCUT2D eigenvalue weighted by molar-refractivity contribution is 0.265. The van der Waals surface area contributed by atoms with Crippen LogP contribution in [0.5, 0.6) is 0 Å². The molecule has 74 valence electrons. The highest BCUT2D eigenvalue weighted by molar-refractivity contribution is 5.78. The number of rotatable bonds is 2. The molecule has 0 saturated carbocycles. The van der Waals surface area contributed by atoms with Gasteiger partial charge in [0.2, 0.25) is 0 Å². The summed E-state index contributed by atoms with van der Waals surface area (Å²) in [5.41, 5.74) is 1.05. The van der Waals surface area contributed by atoms with Crippen LogP contribution in [0.2, 0.25) is 0 Å². The molecule has 0 unspecified atom stereocenters. The van der Waals surface area contributed by atoms with Gasteiger partial charge in [-0.2, -0.15) is 0 Å². The molecule has 1 heterocycles. The quantitative estimate of drug-likeness (QED) is 0.701. The van der Waals surface area contributed by atoms with Gasteiger partial charge < -0.3 is 4.74 Å². The van der Waals surface area contributed by atoms with E-state index in [1.165, 1.54) is 5.56 Å². The fraction of sp³-hybridized carbons (Fsp3) is 0.417. The van der Waals surface area contributed by atoms with E-state index in [1.54, 1.807) is 0 Å². The van der Waals surface area contributed by atoms with E-state index in [4.69, 9.17) is 4.74 Å². The first-order valence-corrected chi connectivity index (χ1v) is 5.01. The molecule has 0 saturated heterocycles. The summed E-state index contributed by atoms with van der Waals surface area (Å²) < 4.78 is 5.52. The Balaban J connectivity index is 2.31. The molecule has 0 N–H and O–H groups in total. The minimum Gasteiger partial charge on any atom is -0.478 e. The summed E-state index contributed by atoms with van der Waals surface area (Å²) in [6, 6.07) is 10.3. The number of nitrogens with zero attached hydrogens (tertiary/aromatic N) is 1. The topological polar surface area (TPSA) is 21.6 Å². The Labute approximate surface area is 84.6 Å². The molecule has 0 amide bonds. The molecule has 0 aromatic heterocycles. The van der Waals surface area contributed by atoms with Gasteiger partial charge in [0.15, 0.2) is 5.90 Å². The lowest BCUT2D eigenvalue weighted by Crippen LogP contribution is -2.20. The van der Waals surface area contributed by atoms with Crippen LogP contribution >= 0.6 is 0 Å². The summed E-state index contributed by atoms with van der Waals surface area (Å²) in [7, 11) is 0. The van der Waals surface area contributed by atoms with Gasteiger partial charge in [-0.3, -0.25) is 0 Å². The van der Waals surface area contributed by atoms with E-state index in [9.17, 15) is 0 Å². The van der Waals surface area contributed by atoms with Crippen molar-refractivity contribution < 1.29 is 4.74 Å². The Hall–Kier alpha value is -1.31. The standard InChI is InChI=1S/C12H15NO/c1-3-11-13-12(2,9-14-11)10-7-5-4-6-8-10/h4-8H,3,9H2,1-2H3/t12-/m1/s1. The summed E-state index contributed by atoms with van der Waals surface area (Å²) in [5, 5.41) is 0. The van der Waals surface area contributed by atoms with Crippen molar-refractivity contribution in [3.05, 3.63) is 35.9 Å². The minimum atomic E-state index is -0.174. The predicted octanol–water partition coefficient (Wildman–Crippen LogP) is 2.74. The smallest absolute Gasteiger partial charge is 0.184 e. The fourth-order valence-electron chi connectivity index (χ4n) is 1.69. The second kappa shape index (κ2) is 3.45. The van der Waals surface area contributed by atoms with Gasteiger partial charge in [-0.15, -0.1) is 0 Å². The average Bonchev–Trinajstić information content (AvgIpc) is 2.63. The molecular weight excluding hydrogens is 174 g/mol. The van der Waals surface area contributed by atoms with Crippen molar-refractivity contribution in [2.24, 2.45) is 4.99 Å². The zero-order valence-electron chi connectivity index (χ0n) is 8.66. The van der Waals surface area contributed by atoms with Gasteiger partial charge in [-0.05, 0) is 12.5 Å². The highest BCUT2D eigenvalue weighted by Gasteiger charge is 2.32. The summed E-state index contributed by atoms with van der Waals surface area (Å²) in [5.74, 6) is 0.872. The monoisotopic (exact) mass is 189 g/mol. The van der Waals surface area contributed by atoms with Crippen molar-refractivity contribution >= 4 is 5.90 Å². The van der Waals surface area contributed by atoms with E-state index in [0.717, 1.165) is 12.3 Å². The maximum atomic E-state index is 5.52. The Morgan fingerprint density at radius 2 is 2.07 bits per heavy atom. The minimum absolute atomic E-state index is 0.174. The number of benzene rings is 1. The fourth-order valence-corrected chi connectivity index (χ4v) is 1.69. The van der Waals surface area contributed by atoms with Crippen LogP contribution in [-0.2, 0) is 10.3 Å². The zero-order chi connectivity index (χ0) is 10.0. The Morgan fingerprint density at radius 1 is 1.36 bits per heavy atom. The van der Waals surface area contributed by atoms with Crippen molar-refractivity contribution in [1.29, 1.82) is 0 Å². The van der Waals surface area contributed by atoms with Crippen LogP contribution in [0.25, 0.3) is 0 Å². The van der Waals surface area contributed by atoms with Gasteiger partial charge in [-0.25, -0.2) is 4.99 Å². The molecule has 1 atom stereocenters. The van der Waals surface area contributed by atoms with Crippen molar-refractivity contribution in [1.82, 2.24) is 0 Å². The van der Waals surface area contributed by atoms with Gasteiger partial charge in [0.05, 0.1) is 0 Å². The molecule has 0 spiro atoms. The van der Waals surface area contributed by atoms with Gasteiger partial charge >= 0.3 is 0 Å². The van der Waals surface area contributed by atoms with Crippen LogP contribution in [0.1, 0.15) is 25.8 Å². The van der Waals surface area contributed by atoms with E-state index in [0.29, 0.717) is 6.61 Å². The maximum absolute atomic E-state index is 5.52. The molecule has 1 aliphatic rings. The molecule has 0 radical (unpaired) electrons. The van der Waals surface area contributed by atoms with Gasteiger partial charge in [0.25, 0.3) is 0 Å². The highest BCUT2D eigenvalue weighted by Crippen LogP contribution is 2.30. The van der Waals surface area contributed by atoms with Crippen LogP contribution in [0.4, 0.5) is 0 Å². The van der Waals surface area contributed by atoms with Gasteiger partial charge in [-0.1, -0.05) is 37.3 Å². The Morgan fingerprint density at radius 3 is 2.64 bits per heavy atom. The first kappa shape index (κ1) is 9.25. The molecule has 1 aliphatic heterocycles. The van der Waals surface area contributed by atoms with Crippen molar-refractivity contribution in [3.8, 4) is 0 Å². The normalized spacial score (nSPS) is 25.7. The second-order valence-electron chi connectivity index (χ2n) is 3.79. The SMILES string of the molecule is CCC1=N[C@@](C)(c2ccccc2)CO1. The number of aliphatic imine (C=N–C) groups is 1. The van der Waals surface area contributed by atoms with Crippen molar-refractivity contribution in [2.75, 3.05) is 6.61 Å². The predicted molar refractivity (Wildman–Crippen MR) is 57.5 cm³/mol. The van der Waals surface area contributed by atoms with Crippen molar-refractivity contribution in [3.63, 3.8) is 0 Å². The van der Waals surface area contributed by atoms with Crippen LogP contribution in [0.3, 0.4) is 0 Å². The van der Waals surface area contributed by atoms with Crippen LogP contribution in [0.15, 0.2) is 35.3 Å². The summed E-state index contributed by atoms with van der Waals surface area (Å²) in [6.07, 6.45) is 0.877. The molecule has 2 rings (SSSR count). The lowest BCUT2D eigenvalue weighted by atomic mass is 9.94. The van der Waals surface area contributed by atoms with Gasteiger partial charge in [0, 0.05) is 6.42 Å². The largest absolute Gasteiger partial charge is 0.478 e. The van der Waals surface area contributed by atoms with Crippen LogP contribution < -0.4 is 0 Å². The number of hydrogen-bond donors (Lipinski definition) is 0. The maximum Gasteiger partial charge on any atom is 0.184 e. The van der Waals surface area contributed by atoms with E-state index in [-0.39, 0.29) is 5.54 Å². The molecule has 2 nitrogen and oxygen atoms in total. The van der Waals surface area contributed by atoms with E-state index in [2.05, 4.69) is 31.0 Å².